The Hall–Kier alpha value is -2.60. The minimum Gasteiger partial charge on any atom is -0.276 e. The number of nitrogens with zero attached hydrogens (tertiary/aromatic N) is 1. The Morgan fingerprint density at radius 2 is 1.58 bits per heavy atom. The number of nitrogens with one attached hydrogen (secondary N) is 2. The summed E-state index contributed by atoms with van der Waals surface area (Å²) < 4.78 is 27.4. The molecule has 0 aliphatic heterocycles. The van der Waals surface area contributed by atoms with Crippen LogP contribution in [-0.2, 0) is 15.4 Å². The minimum absolute atomic E-state index is 0.0847. The van der Waals surface area contributed by atoms with Crippen molar-refractivity contribution in [3.63, 3.8) is 0 Å². The van der Waals surface area contributed by atoms with Gasteiger partial charge in [0.05, 0.1) is 10.6 Å². The van der Waals surface area contributed by atoms with E-state index in [0.29, 0.717) is 0 Å². The largest absolute Gasteiger partial charge is 0.276 e. The third-order valence-electron chi connectivity index (χ3n) is 4.21. The van der Waals surface area contributed by atoms with Crippen molar-refractivity contribution < 1.29 is 8.42 Å². The summed E-state index contributed by atoms with van der Waals surface area (Å²) in [6, 6.07) is 16.5. The van der Waals surface area contributed by atoms with Gasteiger partial charge in [-0.15, -0.1) is 0 Å². The maximum absolute atomic E-state index is 12.4. The number of H-pyrrole nitrogens is 1. The molecule has 3 rings (SSSR count). The van der Waals surface area contributed by atoms with Crippen LogP contribution in [0.25, 0.3) is 11.3 Å². The second-order valence-corrected chi connectivity index (χ2v) is 9.10. The number of sulfonamides is 1. The van der Waals surface area contributed by atoms with Gasteiger partial charge in [-0.3, -0.25) is 9.82 Å². The highest BCUT2D eigenvalue weighted by molar-refractivity contribution is 7.92. The lowest BCUT2D eigenvalue weighted by Gasteiger charge is -2.18. The highest BCUT2D eigenvalue weighted by atomic mass is 32.2. The van der Waals surface area contributed by atoms with Crippen LogP contribution in [0.1, 0.15) is 31.9 Å². The van der Waals surface area contributed by atoms with Crippen LogP contribution in [0.2, 0.25) is 0 Å². The average Bonchev–Trinajstić information content (AvgIpc) is 3.02. The molecule has 3 aromatic rings. The maximum Gasteiger partial charge on any atom is 0.263 e. The fraction of sp³-hybridized carbons (Fsp3) is 0.250. The SMILES string of the molecule is Cc1ccc(S(=O)(=O)Nc2cc(-c3ccc(C(C)(C)C)cc3)[nH]n2)cc1. The molecular weight excluding hydrogens is 346 g/mol. The van der Waals surface area contributed by atoms with Gasteiger partial charge in [0.15, 0.2) is 5.82 Å². The van der Waals surface area contributed by atoms with Gasteiger partial charge in [-0.05, 0) is 35.6 Å². The van der Waals surface area contributed by atoms with Gasteiger partial charge in [0.1, 0.15) is 0 Å². The Balaban J connectivity index is 1.80. The number of aryl methyl sites for hydroxylation is 1. The fourth-order valence-electron chi connectivity index (χ4n) is 2.59. The van der Waals surface area contributed by atoms with Gasteiger partial charge in [-0.2, -0.15) is 5.10 Å². The Morgan fingerprint density at radius 3 is 2.15 bits per heavy atom. The molecule has 5 nitrogen and oxygen atoms in total. The van der Waals surface area contributed by atoms with Gasteiger partial charge in [-0.25, -0.2) is 8.42 Å². The van der Waals surface area contributed by atoms with Gasteiger partial charge in [0.25, 0.3) is 10.0 Å². The second kappa shape index (κ2) is 6.61. The van der Waals surface area contributed by atoms with E-state index in [4.69, 9.17) is 0 Å². The van der Waals surface area contributed by atoms with Crippen molar-refractivity contribution in [1.82, 2.24) is 10.2 Å². The van der Waals surface area contributed by atoms with Gasteiger partial charge in [-0.1, -0.05) is 62.7 Å². The lowest BCUT2D eigenvalue weighted by atomic mass is 9.86. The second-order valence-electron chi connectivity index (χ2n) is 7.41. The first-order valence-electron chi connectivity index (χ1n) is 8.41. The highest BCUT2D eigenvalue weighted by Gasteiger charge is 2.17. The van der Waals surface area contributed by atoms with E-state index in [9.17, 15) is 8.42 Å². The van der Waals surface area contributed by atoms with Crippen LogP contribution in [0.5, 0.6) is 0 Å². The van der Waals surface area contributed by atoms with Crippen molar-refractivity contribution >= 4 is 15.8 Å². The summed E-state index contributed by atoms with van der Waals surface area (Å²) in [4.78, 5) is 0.210. The molecule has 1 heterocycles. The number of aromatic nitrogens is 2. The van der Waals surface area contributed by atoms with E-state index >= 15 is 0 Å². The number of hydrogen-bond donors (Lipinski definition) is 2. The molecule has 0 radical (unpaired) electrons. The molecule has 0 saturated carbocycles. The van der Waals surface area contributed by atoms with E-state index in [1.165, 1.54) is 5.56 Å². The lowest BCUT2D eigenvalue weighted by molar-refractivity contribution is 0.590. The summed E-state index contributed by atoms with van der Waals surface area (Å²) in [6.07, 6.45) is 0. The van der Waals surface area contributed by atoms with Crippen LogP contribution >= 0.6 is 0 Å². The lowest BCUT2D eigenvalue weighted by Crippen LogP contribution is -2.13. The van der Waals surface area contributed by atoms with E-state index in [1.807, 2.05) is 19.1 Å². The Morgan fingerprint density at radius 1 is 0.962 bits per heavy atom. The number of benzene rings is 2. The molecule has 136 valence electrons. The first kappa shape index (κ1) is 18.2. The van der Waals surface area contributed by atoms with Crippen molar-refractivity contribution in [1.29, 1.82) is 0 Å². The molecule has 0 aliphatic carbocycles. The molecule has 0 unspecified atom stereocenters. The number of hydrogen-bond acceptors (Lipinski definition) is 3. The molecule has 2 N–H and O–H groups in total. The summed E-state index contributed by atoms with van der Waals surface area (Å²) in [7, 11) is -3.66. The van der Waals surface area contributed by atoms with E-state index in [2.05, 4.69) is 47.8 Å². The molecule has 0 fully saturated rings. The Kier molecular flexibility index (Phi) is 4.63. The first-order chi connectivity index (χ1) is 12.1. The topological polar surface area (TPSA) is 74.8 Å². The van der Waals surface area contributed by atoms with E-state index in [1.54, 1.807) is 30.3 Å². The molecule has 6 heteroatoms. The predicted octanol–water partition coefficient (Wildman–Crippen LogP) is 4.48. The molecule has 0 spiro atoms. The standard InChI is InChI=1S/C20H23N3O2S/c1-14-5-11-17(12-6-14)26(24,25)23-19-13-18(21-22-19)15-7-9-16(10-8-15)20(2,3)4/h5-13H,1-4H3,(H2,21,22,23). The average molecular weight is 369 g/mol. The van der Waals surface area contributed by atoms with Gasteiger partial charge in [0.2, 0.25) is 0 Å². The number of rotatable bonds is 4. The van der Waals surface area contributed by atoms with Gasteiger partial charge >= 0.3 is 0 Å². The predicted molar refractivity (Wildman–Crippen MR) is 105 cm³/mol. The minimum atomic E-state index is -3.66. The molecule has 26 heavy (non-hydrogen) atoms. The van der Waals surface area contributed by atoms with E-state index < -0.39 is 10.0 Å². The Bertz CT molecular complexity index is 996. The van der Waals surface area contributed by atoms with Gasteiger partial charge < -0.3 is 0 Å². The fourth-order valence-corrected chi connectivity index (χ4v) is 3.58. The van der Waals surface area contributed by atoms with Crippen molar-refractivity contribution in [3.05, 3.63) is 65.7 Å². The summed E-state index contributed by atoms with van der Waals surface area (Å²) in [5, 5.41) is 6.96. The third kappa shape index (κ3) is 3.96. The van der Waals surface area contributed by atoms with Crippen molar-refractivity contribution in [2.45, 2.75) is 38.0 Å². The molecule has 1 aromatic heterocycles. The monoisotopic (exact) mass is 369 g/mol. The quantitative estimate of drug-likeness (QED) is 0.712. The van der Waals surface area contributed by atoms with Crippen LogP contribution < -0.4 is 4.72 Å². The zero-order valence-electron chi connectivity index (χ0n) is 15.4. The van der Waals surface area contributed by atoms with Crippen molar-refractivity contribution in [2.75, 3.05) is 4.72 Å². The summed E-state index contributed by atoms with van der Waals surface area (Å²) in [5.74, 6) is 0.264. The van der Waals surface area contributed by atoms with Crippen LogP contribution in [0.3, 0.4) is 0 Å². The molecule has 2 aromatic carbocycles. The van der Waals surface area contributed by atoms with Crippen molar-refractivity contribution in [3.8, 4) is 11.3 Å². The van der Waals surface area contributed by atoms with Crippen LogP contribution in [-0.4, -0.2) is 18.6 Å². The highest BCUT2D eigenvalue weighted by Crippen LogP contribution is 2.26. The summed E-state index contributed by atoms with van der Waals surface area (Å²) in [5.41, 5.74) is 4.03. The van der Waals surface area contributed by atoms with E-state index in [-0.39, 0.29) is 16.1 Å². The normalized spacial score (nSPS) is 12.2. The first-order valence-corrected chi connectivity index (χ1v) is 9.89. The zero-order chi connectivity index (χ0) is 18.9. The summed E-state index contributed by atoms with van der Waals surface area (Å²) >= 11 is 0. The van der Waals surface area contributed by atoms with Gasteiger partial charge in [0, 0.05) is 6.07 Å². The smallest absolute Gasteiger partial charge is 0.263 e. The van der Waals surface area contributed by atoms with Crippen LogP contribution in [0.4, 0.5) is 5.82 Å². The van der Waals surface area contributed by atoms with Crippen molar-refractivity contribution in [2.24, 2.45) is 0 Å². The molecule has 0 amide bonds. The molecule has 0 bridgehead atoms. The number of aromatic amines is 1. The zero-order valence-corrected chi connectivity index (χ0v) is 16.2. The molecule has 0 saturated heterocycles. The Labute approximate surface area is 154 Å². The number of anilines is 1. The molecule has 0 aliphatic rings. The molecule has 0 atom stereocenters. The van der Waals surface area contributed by atoms with Crippen LogP contribution in [0, 0.1) is 6.92 Å². The maximum atomic E-state index is 12.4. The molecular formula is C20H23N3O2S. The van der Waals surface area contributed by atoms with Crippen LogP contribution in [0.15, 0.2) is 59.5 Å². The third-order valence-corrected chi connectivity index (χ3v) is 5.58. The summed E-state index contributed by atoms with van der Waals surface area (Å²) in [6.45, 7) is 8.40. The van der Waals surface area contributed by atoms with E-state index in [0.717, 1.165) is 16.8 Å².